The highest BCUT2D eigenvalue weighted by atomic mass is 16.5. The second-order valence-corrected chi connectivity index (χ2v) is 4.26. The van der Waals surface area contributed by atoms with E-state index in [1.165, 1.54) is 5.56 Å². The molecule has 1 saturated carbocycles. The van der Waals surface area contributed by atoms with E-state index in [1.807, 2.05) is 6.07 Å². The molecule has 1 heterocycles. The number of hydrogen-bond donors (Lipinski definition) is 1. The van der Waals surface area contributed by atoms with E-state index in [0.29, 0.717) is 12.0 Å². The number of benzene rings is 1. The van der Waals surface area contributed by atoms with Gasteiger partial charge in [0.05, 0.1) is 13.2 Å². The first-order chi connectivity index (χ1) is 7.34. The molecule has 0 bridgehead atoms. The molecule has 2 atom stereocenters. The third-order valence-electron chi connectivity index (χ3n) is 3.04. The summed E-state index contributed by atoms with van der Waals surface area (Å²) in [4.78, 5) is 0. The van der Waals surface area contributed by atoms with Crippen LogP contribution >= 0.6 is 0 Å². The van der Waals surface area contributed by atoms with Crippen molar-refractivity contribution in [2.24, 2.45) is 5.73 Å². The van der Waals surface area contributed by atoms with Crippen molar-refractivity contribution < 1.29 is 9.47 Å². The van der Waals surface area contributed by atoms with E-state index in [-0.39, 0.29) is 0 Å². The van der Waals surface area contributed by atoms with E-state index >= 15 is 0 Å². The summed E-state index contributed by atoms with van der Waals surface area (Å²) in [6, 6.07) is 6.53. The largest absolute Gasteiger partial charge is 0.490 e. The van der Waals surface area contributed by atoms with Crippen LogP contribution in [0.5, 0.6) is 11.5 Å². The van der Waals surface area contributed by atoms with E-state index < -0.39 is 0 Å². The van der Waals surface area contributed by atoms with Crippen LogP contribution in [-0.2, 0) is 0 Å². The Kier molecular flexibility index (Phi) is 2.06. The fourth-order valence-corrected chi connectivity index (χ4v) is 2.01. The molecule has 3 nitrogen and oxygen atoms in total. The lowest BCUT2D eigenvalue weighted by atomic mass is 10.1. The van der Waals surface area contributed by atoms with Gasteiger partial charge in [-0.1, -0.05) is 6.07 Å². The van der Waals surface area contributed by atoms with Crippen LogP contribution in [0.3, 0.4) is 0 Å². The van der Waals surface area contributed by atoms with Crippen molar-refractivity contribution in [3.8, 4) is 11.5 Å². The molecule has 0 spiro atoms. The van der Waals surface area contributed by atoms with Gasteiger partial charge in [-0.05, 0) is 24.1 Å². The van der Waals surface area contributed by atoms with Crippen molar-refractivity contribution in [3.63, 3.8) is 0 Å². The normalized spacial score (nSPS) is 28.3. The van der Waals surface area contributed by atoms with Crippen LogP contribution in [0.4, 0.5) is 0 Å². The van der Waals surface area contributed by atoms with Crippen LogP contribution in [0, 0.1) is 0 Å². The van der Waals surface area contributed by atoms with Gasteiger partial charge < -0.3 is 15.2 Å². The monoisotopic (exact) mass is 205 g/mol. The van der Waals surface area contributed by atoms with Crippen molar-refractivity contribution in [1.82, 2.24) is 0 Å². The fourth-order valence-electron chi connectivity index (χ4n) is 2.01. The zero-order valence-corrected chi connectivity index (χ0v) is 8.61. The SMILES string of the molecule is NC1CC1c1ccc2c(c1)OCCCO2. The summed E-state index contributed by atoms with van der Waals surface area (Å²) < 4.78 is 11.2. The molecule has 2 aliphatic rings. The smallest absolute Gasteiger partial charge is 0.161 e. The summed E-state index contributed by atoms with van der Waals surface area (Å²) in [5, 5.41) is 0. The molecule has 3 heteroatoms. The Morgan fingerprint density at radius 1 is 1.13 bits per heavy atom. The standard InChI is InChI=1S/C12H15NO2/c13-10-7-9(10)8-2-3-11-12(6-8)15-5-1-4-14-11/h2-3,6,9-10H,1,4-5,7,13H2. The quantitative estimate of drug-likeness (QED) is 0.758. The van der Waals surface area contributed by atoms with E-state index in [1.54, 1.807) is 0 Å². The Bertz CT molecular complexity index is 378. The van der Waals surface area contributed by atoms with Gasteiger partial charge in [0.15, 0.2) is 11.5 Å². The van der Waals surface area contributed by atoms with Gasteiger partial charge in [0.2, 0.25) is 0 Å². The Balaban J connectivity index is 1.90. The molecule has 1 aliphatic heterocycles. The molecule has 1 aliphatic carbocycles. The van der Waals surface area contributed by atoms with Crippen molar-refractivity contribution in [2.45, 2.75) is 24.8 Å². The number of rotatable bonds is 1. The maximum Gasteiger partial charge on any atom is 0.161 e. The molecule has 1 aromatic rings. The Morgan fingerprint density at radius 2 is 1.87 bits per heavy atom. The van der Waals surface area contributed by atoms with Crippen LogP contribution in [0.2, 0.25) is 0 Å². The zero-order valence-electron chi connectivity index (χ0n) is 8.61. The number of ether oxygens (including phenoxy) is 2. The van der Waals surface area contributed by atoms with Gasteiger partial charge in [-0.3, -0.25) is 0 Å². The highest BCUT2D eigenvalue weighted by Gasteiger charge is 2.35. The molecule has 0 amide bonds. The molecule has 80 valence electrons. The Morgan fingerprint density at radius 3 is 2.60 bits per heavy atom. The highest BCUT2D eigenvalue weighted by molar-refractivity contribution is 5.46. The van der Waals surface area contributed by atoms with Gasteiger partial charge in [0.1, 0.15) is 0 Å². The third-order valence-corrected chi connectivity index (χ3v) is 3.04. The minimum absolute atomic E-state index is 0.342. The number of hydrogen-bond acceptors (Lipinski definition) is 3. The van der Waals surface area contributed by atoms with Crippen molar-refractivity contribution in [1.29, 1.82) is 0 Å². The van der Waals surface area contributed by atoms with Crippen molar-refractivity contribution in [3.05, 3.63) is 23.8 Å². The molecular weight excluding hydrogens is 190 g/mol. The Hall–Kier alpha value is -1.22. The van der Waals surface area contributed by atoms with E-state index in [9.17, 15) is 0 Å². The second-order valence-electron chi connectivity index (χ2n) is 4.26. The lowest BCUT2D eigenvalue weighted by Gasteiger charge is -2.08. The van der Waals surface area contributed by atoms with Crippen LogP contribution < -0.4 is 15.2 Å². The first-order valence-electron chi connectivity index (χ1n) is 5.50. The summed E-state index contributed by atoms with van der Waals surface area (Å²) in [5.74, 6) is 2.27. The van der Waals surface area contributed by atoms with Crippen molar-refractivity contribution >= 4 is 0 Å². The van der Waals surface area contributed by atoms with E-state index in [4.69, 9.17) is 15.2 Å². The minimum Gasteiger partial charge on any atom is -0.490 e. The topological polar surface area (TPSA) is 44.5 Å². The number of nitrogens with two attached hydrogens (primary N) is 1. The zero-order chi connectivity index (χ0) is 10.3. The van der Waals surface area contributed by atoms with Crippen LogP contribution in [0.15, 0.2) is 18.2 Å². The molecule has 0 saturated heterocycles. The van der Waals surface area contributed by atoms with Crippen molar-refractivity contribution in [2.75, 3.05) is 13.2 Å². The van der Waals surface area contributed by atoms with E-state index in [2.05, 4.69) is 12.1 Å². The predicted octanol–water partition coefficient (Wildman–Crippen LogP) is 1.66. The number of fused-ring (bicyclic) bond motifs is 1. The van der Waals surface area contributed by atoms with Gasteiger partial charge >= 0.3 is 0 Å². The van der Waals surface area contributed by atoms with Gasteiger partial charge in [-0.25, -0.2) is 0 Å². The Labute approximate surface area is 89.2 Å². The summed E-state index contributed by atoms with van der Waals surface area (Å²) in [6.45, 7) is 1.49. The maximum atomic E-state index is 5.83. The molecule has 0 radical (unpaired) electrons. The summed E-state index contributed by atoms with van der Waals surface area (Å²) in [7, 11) is 0. The van der Waals surface area contributed by atoms with Crippen LogP contribution in [0.1, 0.15) is 24.3 Å². The van der Waals surface area contributed by atoms with Gasteiger partial charge in [0, 0.05) is 18.4 Å². The maximum absolute atomic E-state index is 5.83. The van der Waals surface area contributed by atoms with Crippen LogP contribution in [0.25, 0.3) is 0 Å². The van der Waals surface area contributed by atoms with Gasteiger partial charge in [0.25, 0.3) is 0 Å². The lowest BCUT2D eigenvalue weighted by molar-refractivity contribution is 0.297. The van der Waals surface area contributed by atoms with Crippen LogP contribution in [-0.4, -0.2) is 19.3 Å². The summed E-state index contributed by atoms with van der Waals surface area (Å²) in [6.07, 6.45) is 2.05. The van der Waals surface area contributed by atoms with Gasteiger partial charge in [-0.15, -0.1) is 0 Å². The average Bonchev–Trinajstić information content (AvgIpc) is 2.99. The first kappa shape index (κ1) is 9.04. The molecule has 0 aromatic heterocycles. The average molecular weight is 205 g/mol. The summed E-state index contributed by atoms with van der Waals surface area (Å²) in [5.41, 5.74) is 7.12. The fraction of sp³-hybridized carbons (Fsp3) is 0.500. The van der Waals surface area contributed by atoms with E-state index in [0.717, 1.165) is 37.6 Å². The molecule has 1 fully saturated rings. The molecule has 2 N–H and O–H groups in total. The molecule has 2 unspecified atom stereocenters. The lowest BCUT2D eigenvalue weighted by Crippen LogP contribution is -2.01. The second kappa shape index (κ2) is 3.42. The third kappa shape index (κ3) is 1.67. The first-order valence-corrected chi connectivity index (χ1v) is 5.50. The molecule has 15 heavy (non-hydrogen) atoms. The summed E-state index contributed by atoms with van der Waals surface area (Å²) >= 11 is 0. The molecule has 3 rings (SSSR count). The minimum atomic E-state index is 0.342. The molecular formula is C12H15NO2. The predicted molar refractivity (Wildman–Crippen MR) is 57.4 cm³/mol. The van der Waals surface area contributed by atoms with Gasteiger partial charge in [-0.2, -0.15) is 0 Å². The molecule has 1 aromatic carbocycles. The highest BCUT2D eigenvalue weighted by Crippen LogP contribution is 2.42.